The number of aromatic nitrogens is 1. The van der Waals surface area contributed by atoms with Crippen molar-refractivity contribution < 1.29 is 9.59 Å². The van der Waals surface area contributed by atoms with Crippen molar-refractivity contribution in [2.75, 3.05) is 31.5 Å². The number of nitrogens with zero attached hydrogens (tertiary/aromatic N) is 3. The van der Waals surface area contributed by atoms with Crippen LogP contribution in [0, 0.1) is 6.92 Å². The average Bonchev–Trinajstić information content (AvgIpc) is 2.65. The Bertz CT molecular complexity index is 904. The Morgan fingerprint density at radius 1 is 1.07 bits per heavy atom. The van der Waals surface area contributed by atoms with Crippen LogP contribution in [0.5, 0.6) is 0 Å². The van der Waals surface area contributed by atoms with Crippen molar-refractivity contribution in [2.24, 2.45) is 0 Å². The van der Waals surface area contributed by atoms with Gasteiger partial charge in [0.05, 0.1) is 0 Å². The zero-order chi connectivity index (χ0) is 19.4. The maximum atomic E-state index is 12.5. The van der Waals surface area contributed by atoms with Gasteiger partial charge in [0.15, 0.2) is 0 Å². The second-order valence-corrected chi connectivity index (χ2v) is 7.40. The highest BCUT2D eigenvalue weighted by molar-refractivity contribution is 9.10. The predicted octanol–water partition coefficient (Wildman–Crippen LogP) is 2.30. The Balaban J connectivity index is 1.53. The maximum Gasteiger partial charge on any atom is 0.321 e. The van der Waals surface area contributed by atoms with Crippen LogP contribution < -0.4 is 10.9 Å². The number of rotatable bonds is 3. The lowest BCUT2D eigenvalue weighted by molar-refractivity contribution is -0.133. The standard InChI is InChI=1S/C19H21BrN4O3/c1-14-3-2-4-16(11-14)21-19(27)23-9-7-22(8-10-23)18(26)13-24-12-15(20)5-6-17(24)25/h2-6,11-12H,7-10,13H2,1H3,(H,21,27). The molecule has 1 fully saturated rings. The summed E-state index contributed by atoms with van der Waals surface area (Å²) >= 11 is 3.30. The van der Waals surface area contributed by atoms with E-state index in [0.717, 1.165) is 15.7 Å². The number of amides is 3. The fraction of sp³-hybridized carbons (Fsp3) is 0.316. The minimum Gasteiger partial charge on any atom is -0.338 e. The molecule has 142 valence electrons. The Labute approximate surface area is 165 Å². The Kier molecular flexibility index (Phi) is 5.95. The monoisotopic (exact) mass is 432 g/mol. The molecule has 1 aromatic heterocycles. The largest absolute Gasteiger partial charge is 0.338 e. The molecule has 2 heterocycles. The molecule has 3 rings (SSSR count). The van der Waals surface area contributed by atoms with E-state index < -0.39 is 0 Å². The van der Waals surface area contributed by atoms with Crippen LogP contribution in [-0.2, 0) is 11.3 Å². The third-order valence-corrected chi connectivity index (χ3v) is 4.91. The summed E-state index contributed by atoms with van der Waals surface area (Å²) in [5.74, 6) is -0.131. The third-order valence-electron chi connectivity index (χ3n) is 4.44. The molecule has 3 amide bonds. The number of aryl methyl sites for hydroxylation is 1. The summed E-state index contributed by atoms with van der Waals surface area (Å²) in [6, 6.07) is 10.5. The van der Waals surface area contributed by atoms with Crippen molar-refractivity contribution >= 4 is 33.6 Å². The van der Waals surface area contributed by atoms with Crippen LogP contribution >= 0.6 is 15.9 Å². The molecule has 1 N–H and O–H groups in total. The van der Waals surface area contributed by atoms with Crippen LogP contribution in [0.4, 0.5) is 10.5 Å². The molecule has 1 aliphatic heterocycles. The summed E-state index contributed by atoms with van der Waals surface area (Å²) in [6.45, 7) is 3.77. The van der Waals surface area contributed by atoms with E-state index in [1.54, 1.807) is 22.1 Å². The molecule has 1 aliphatic rings. The Hall–Kier alpha value is -2.61. The molecule has 27 heavy (non-hydrogen) atoms. The summed E-state index contributed by atoms with van der Waals surface area (Å²) in [4.78, 5) is 40.1. The SMILES string of the molecule is Cc1cccc(NC(=O)N2CCN(C(=O)Cn3cc(Br)ccc3=O)CC2)c1. The van der Waals surface area contributed by atoms with Gasteiger partial charge in [-0.25, -0.2) is 4.79 Å². The number of piperazine rings is 1. The van der Waals surface area contributed by atoms with Crippen LogP contribution in [0.2, 0.25) is 0 Å². The summed E-state index contributed by atoms with van der Waals surface area (Å²) in [6.07, 6.45) is 1.60. The van der Waals surface area contributed by atoms with Crippen molar-refractivity contribution in [3.05, 3.63) is 63.0 Å². The van der Waals surface area contributed by atoms with E-state index in [0.29, 0.717) is 26.2 Å². The Morgan fingerprint density at radius 2 is 1.78 bits per heavy atom. The van der Waals surface area contributed by atoms with Gasteiger partial charge in [-0.1, -0.05) is 12.1 Å². The molecular weight excluding hydrogens is 412 g/mol. The predicted molar refractivity (Wildman–Crippen MR) is 107 cm³/mol. The van der Waals surface area contributed by atoms with Gasteiger partial charge in [0.1, 0.15) is 6.54 Å². The van der Waals surface area contributed by atoms with E-state index in [-0.39, 0.29) is 24.0 Å². The van der Waals surface area contributed by atoms with Gasteiger partial charge in [-0.2, -0.15) is 0 Å². The molecule has 0 unspecified atom stereocenters. The lowest BCUT2D eigenvalue weighted by atomic mass is 10.2. The molecule has 0 aliphatic carbocycles. The number of carbonyl (C=O) groups excluding carboxylic acids is 2. The quantitative estimate of drug-likeness (QED) is 0.808. The number of urea groups is 1. The number of hydrogen-bond donors (Lipinski definition) is 1. The summed E-state index contributed by atoms with van der Waals surface area (Å²) in [7, 11) is 0. The van der Waals surface area contributed by atoms with Crippen LogP contribution in [0.3, 0.4) is 0 Å². The van der Waals surface area contributed by atoms with Crippen molar-refractivity contribution in [1.29, 1.82) is 0 Å². The molecule has 0 bridgehead atoms. The second-order valence-electron chi connectivity index (χ2n) is 6.48. The third kappa shape index (κ3) is 4.97. The van der Waals surface area contributed by atoms with Crippen molar-refractivity contribution in [3.8, 4) is 0 Å². The molecule has 0 atom stereocenters. The van der Waals surface area contributed by atoms with Crippen molar-refractivity contribution in [3.63, 3.8) is 0 Å². The highest BCUT2D eigenvalue weighted by atomic mass is 79.9. The molecule has 7 nitrogen and oxygen atoms in total. The molecule has 1 aromatic carbocycles. The van der Waals surface area contributed by atoms with Crippen molar-refractivity contribution in [1.82, 2.24) is 14.4 Å². The van der Waals surface area contributed by atoms with Gasteiger partial charge >= 0.3 is 6.03 Å². The molecule has 0 spiro atoms. The van der Waals surface area contributed by atoms with E-state index in [2.05, 4.69) is 21.2 Å². The van der Waals surface area contributed by atoms with Gasteiger partial charge in [-0.3, -0.25) is 9.59 Å². The van der Waals surface area contributed by atoms with Crippen LogP contribution in [-0.4, -0.2) is 52.5 Å². The fourth-order valence-corrected chi connectivity index (χ4v) is 3.34. The number of pyridine rings is 1. The number of nitrogens with one attached hydrogen (secondary N) is 1. The first-order valence-corrected chi connectivity index (χ1v) is 9.48. The lowest BCUT2D eigenvalue weighted by Gasteiger charge is -2.34. The summed E-state index contributed by atoms with van der Waals surface area (Å²) in [5, 5.41) is 2.88. The average molecular weight is 433 g/mol. The van der Waals surface area contributed by atoms with Gasteiger partial charge in [0.2, 0.25) is 5.91 Å². The number of anilines is 1. The fourth-order valence-electron chi connectivity index (χ4n) is 2.96. The van der Waals surface area contributed by atoms with Gasteiger partial charge in [-0.05, 0) is 46.6 Å². The molecule has 0 saturated carbocycles. The zero-order valence-electron chi connectivity index (χ0n) is 15.0. The van der Waals surface area contributed by atoms with Crippen LogP contribution in [0.25, 0.3) is 0 Å². The topological polar surface area (TPSA) is 74.7 Å². The van der Waals surface area contributed by atoms with Crippen LogP contribution in [0.1, 0.15) is 5.56 Å². The molecule has 1 saturated heterocycles. The van der Waals surface area contributed by atoms with Gasteiger partial charge in [-0.15, -0.1) is 0 Å². The number of carbonyl (C=O) groups is 2. The summed E-state index contributed by atoms with van der Waals surface area (Å²) in [5.41, 5.74) is 1.61. The first kappa shape index (κ1) is 19.2. The van der Waals surface area contributed by atoms with Gasteiger partial charge < -0.3 is 19.7 Å². The lowest BCUT2D eigenvalue weighted by Crippen LogP contribution is -2.52. The van der Waals surface area contributed by atoms with Crippen molar-refractivity contribution in [2.45, 2.75) is 13.5 Å². The molecule has 0 radical (unpaired) electrons. The van der Waals surface area contributed by atoms with E-state index in [1.807, 2.05) is 31.2 Å². The number of benzene rings is 1. The first-order chi connectivity index (χ1) is 12.9. The molecular formula is C19H21BrN4O3. The highest BCUT2D eigenvalue weighted by Crippen LogP contribution is 2.12. The molecule has 8 heteroatoms. The Morgan fingerprint density at radius 3 is 2.48 bits per heavy atom. The van der Waals surface area contributed by atoms with E-state index >= 15 is 0 Å². The second kappa shape index (κ2) is 8.39. The van der Waals surface area contributed by atoms with Gasteiger partial charge in [0.25, 0.3) is 5.56 Å². The number of hydrogen-bond acceptors (Lipinski definition) is 3. The van der Waals surface area contributed by atoms with E-state index in [4.69, 9.17) is 0 Å². The van der Waals surface area contributed by atoms with Gasteiger partial charge in [0, 0.05) is 48.6 Å². The highest BCUT2D eigenvalue weighted by Gasteiger charge is 2.24. The summed E-state index contributed by atoms with van der Waals surface area (Å²) < 4.78 is 2.12. The number of halogens is 1. The normalized spacial score (nSPS) is 14.1. The first-order valence-electron chi connectivity index (χ1n) is 8.69. The zero-order valence-corrected chi connectivity index (χ0v) is 16.6. The van der Waals surface area contributed by atoms with E-state index in [1.165, 1.54) is 10.6 Å². The van der Waals surface area contributed by atoms with E-state index in [9.17, 15) is 14.4 Å². The minimum atomic E-state index is -0.220. The van der Waals surface area contributed by atoms with Crippen LogP contribution in [0.15, 0.2) is 51.9 Å². The smallest absolute Gasteiger partial charge is 0.321 e. The molecule has 2 aromatic rings. The maximum absolute atomic E-state index is 12.5. The minimum absolute atomic E-state index is 0.00619.